The highest BCUT2D eigenvalue weighted by Gasteiger charge is 2.30. The average molecular weight is 384 g/mol. The number of fused-ring (bicyclic) bond motifs is 1. The molecule has 2 heteroatoms. The monoisotopic (exact) mass is 383 g/mol. The number of allylic oxidation sites excluding steroid dienone is 3. The summed E-state index contributed by atoms with van der Waals surface area (Å²) in [7, 11) is 0. The normalized spacial score (nSPS) is 16.1. The number of carbonyl (C=O) groups is 1. The lowest BCUT2D eigenvalue weighted by Crippen LogP contribution is -2.41. The molecule has 0 aromatic heterocycles. The highest BCUT2D eigenvalue weighted by molar-refractivity contribution is 5.99. The van der Waals surface area contributed by atoms with Crippen molar-refractivity contribution in [3.8, 4) is 0 Å². The smallest absolute Gasteiger partial charge is 0.232 e. The predicted octanol–water partition coefficient (Wildman–Crippen LogP) is 7.84. The van der Waals surface area contributed by atoms with Crippen LogP contribution in [0.4, 0.5) is 5.69 Å². The lowest BCUT2D eigenvalue weighted by atomic mass is 9.92. The van der Waals surface area contributed by atoms with Gasteiger partial charge in [0.25, 0.3) is 0 Å². The quantitative estimate of drug-likeness (QED) is 0.509. The van der Waals surface area contributed by atoms with Gasteiger partial charge in [-0.25, -0.2) is 0 Å². The molecule has 0 unspecified atom stereocenters. The molecule has 156 valence electrons. The number of hydrogen-bond acceptors (Lipinski definition) is 1. The van der Waals surface area contributed by atoms with E-state index >= 15 is 0 Å². The fourth-order valence-electron chi connectivity index (χ4n) is 2.48. The molecule has 0 saturated carbocycles. The molecule has 28 heavy (non-hydrogen) atoms. The van der Waals surface area contributed by atoms with Gasteiger partial charge >= 0.3 is 0 Å². The van der Waals surface area contributed by atoms with E-state index in [-0.39, 0.29) is 5.91 Å². The van der Waals surface area contributed by atoms with Crippen LogP contribution in [0.3, 0.4) is 0 Å². The molecule has 0 fully saturated rings. The molecule has 0 spiro atoms. The largest absolute Gasteiger partial charge is 0.307 e. The van der Waals surface area contributed by atoms with Crippen molar-refractivity contribution in [3.05, 3.63) is 72.4 Å². The maximum Gasteiger partial charge on any atom is 0.232 e. The van der Waals surface area contributed by atoms with Gasteiger partial charge in [0.15, 0.2) is 0 Å². The highest BCUT2D eigenvalue weighted by atomic mass is 16.2. The molecule has 1 aromatic rings. The van der Waals surface area contributed by atoms with E-state index < -0.39 is 5.41 Å². The maximum absolute atomic E-state index is 12.9. The molecule has 0 N–H and O–H groups in total. The van der Waals surface area contributed by atoms with Crippen LogP contribution in [0.25, 0.3) is 6.08 Å². The maximum atomic E-state index is 12.9. The molecule has 1 aromatic carbocycles. The SMILES string of the molecule is C=CC1=C(\C=C)CN(C(=O)C(C)(C)C)c2ccccc2/C=C\1.CC.CC.CC. The summed E-state index contributed by atoms with van der Waals surface area (Å²) in [5.74, 6) is 0.0954. The van der Waals surface area contributed by atoms with Crippen LogP contribution < -0.4 is 4.90 Å². The topological polar surface area (TPSA) is 20.3 Å². The Morgan fingerprint density at radius 2 is 1.46 bits per heavy atom. The van der Waals surface area contributed by atoms with Gasteiger partial charge in [0.1, 0.15) is 0 Å². The first-order chi connectivity index (χ1) is 13.4. The third kappa shape index (κ3) is 7.72. The van der Waals surface area contributed by atoms with Crippen molar-refractivity contribution < 1.29 is 4.79 Å². The second kappa shape index (κ2) is 14.7. The van der Waals surface area contributed by atoms with E-state index in [0.717, 1.165) is 22.4 Å². The number of benzene rings is 1. The molecular formula is C26H41NO. The summed E-state index contributed by atoms with van der Waals surface area (Å²) in [5.41, 5.74) is 3.51. The van der Waals surface area contributed by atoms with Crippen molar-refractivity contribution in [3.63, 3.8) is 0 Å². The van der Waals surface area contributed by atoms with Crippen molar-refractivity contribution in [2.75, 3.05) is 11.4 Å². The van der Waals surface area contributed by atoms with Crippen LogP contribution in [0.1, 0.15) is 67.9 Å². The van der Waals surface area contributed by atoms with Crippen molar-refractivity contribution in [2.24, 2.45) is 5.41 Å². The summed E-state index contributed by atoms with van der Waals surface area (Å²) in [6.45, 7) is 26.1. The number of amides is 1. The first-order valence-corrected chi connectivity index (χ1v) is 10.5. The van der Waals surface area contributed by atoms with E-state index in [1.165, 1.54) is 0 Å². The standard InChI is InChI=1S/C20H23NO.3C2H6/c1-6-15-12-13-17-10-8-9-11-18(17)21(14-16(15)7-2)19(22)20(3,4)5;3*1-2/h6-13H,1-2,14H2,3-5H3;3*1-2H3/b13-12-,16-15-;;;. The zero-order chi connectivity index (χ0) is 22.3. The van der Waals surface area contributed by atoms with Gasteiger partial charge in [0, 0.05) is 5.41 Å². The molecule has 2 nitrogen and oxygen atoms in total. The Balaban J connectivity index is 0. The Kier molecular flexibility index (Phi) is 14.6. The first-order valence-electron chi connectivity index (χ1n) is 10.5. The second-order valence-corrected chi connectivity index (χ2v) is 6.42. The lowest BCUT2D eigenvalue weighted by molar-refractivity contribution is -0.125. The van der Waals surface area contributed by atoms with Crippen LogP contribution in [0.5, 0.6) is 0 Å². The number of rotatable bonds is 2. The van der Waals surface area contributed by atoms with Crippen LogP contribution in [-0.2, 0) is 4.79 Å². The van der Waals surface area contributed by atoms with E-state index in [1.807, 2.05) is 104 Å². The van der Waals surface area contributed by atoms with Crippen LogP contribution in [0.2, 0.25) is 0 Å². The molecule has 0 aliphatic carbocycles. The number of para-hydroxylation sites is 1. The second-order valence-electron chi connectivity index (χ2n) is 6.42. The summed E-state index contributed by atoms with van der Waals surface area (Å²) in [6.07, 6.45) is 7.67. The molecule has 1 heterocycles. The molecular weight excluding hydrogens is 342 g/mol. The van der Waals surface area contributed by atoms with Crippen molar-refractivity contribution in [1.82, 2.24) is 0 Å². The van der Waals surface area contributed by atoms with Gasteiger partial charge in [-0.3, -0.25) is 4.79 Å². The van der Waals surface area contributed by atoms with Gasteiger partial charge in [0.05, 0.1) is 12.2 Å². The number of carbonyl (C=O) groups excluding carboxylic acids is 1. The Morgan fingerprint density at radius 1 is 0.929 bits per heavy atom. The molecule has 0 bridgehead atoms. The number of nitrogens with zero attached hydrogens (tertiary/aromatic N) is 1. The van der Waals surface area contributed by atoms with E-state index in [1.54, 1.807) is 12.2 Å². The van der Waals surface area contributed by atoms with E-state index in [0.29, 0.717) is 6.54 Å². The summed E-state index contributed by atoms with van der Waals surface area (Å²) in [5, 5.41) is 0. The Morgan fingerprint density at radius 3 is 1.93 bits per heavy atom. The van der Waals surface area contributed by atoms with Crippen molar-refractivity contribution in [1.29, 1.82) is 0 Å². The Labute approximate surface area is 174 Å². The third-order valence-electron chi connectivity index (χ3n) is 3.72. The molecule has 2 rings (SSSR count). The van der Waals surface area contributed by atoms with E-state index in [2.05, 4.69) is 13.2 Å². The van der Waals surface area contributed by atoms with Crippen LogP contribution in [-0.4, -0.2) is 12.5 Å². The fraction of sp³-hybridized carbons (Fsp3) is 0.423. The van der Waals surface area contributed by atoms with Gasteiger partial charge in [-0.1, -0.05) is 118 Å². The molecule has 1 amide bonds. The number of anilines is 1. The van der Waals surface area contributed by atoms with Crippen LogP contribution >= 0.6 is 0 Å². The summed E-state index contributed by atoms with van der Waals surface area (Å²) in [4.78, 5) is 14.8. The summed E-state index contributed by atoms with van der Waals surface area (Å²) in [6, 6.07) is 7.95. The molecule has 1 aliphatic rings. The summed E-state index contributed by atoms with van der Waals surface area (Å²) >= 11 is 0. The summed E-state index contributed by atoms with van der Waals surface area (Å²) < 4.78 is 0. The molecule has 0 saturated heterocycles. The van der Waals surface area contributed by atoms with Gasteiger partial charge in [-0.05, 0) is 22.8 Å². The van der Waals surface area contributed by atoms with Gasteiger partial charge in [-0.15, -0.1) is 0 Å². The Hall–Kier alpha value is -2.35. The minimum Gasteiger partial charge on any atom is -0.307 e. The van der Waals surface area contributed by atoms with E-state index in [4.69, 9.17) is 0 Å². The molecule has 0 atom stereocenters. The van der Waals surface area contributed by atoms with Gasteiger partial charge in [-0.2, -0.15) is 0 Å². The predicted molar refractivity (Wildman–Crippen MR) is 129 cm³/mol. The molecule has 0 radical (unpaired) electrons. The molecule has 1 aliphatic heterocycles. The fourth-order valence-corrected chi connectivity index (χ4v) is 2.48. The van der Waals surface area contributed by atoms with Crippen molar-refractivity contribution in [2.45, 2.75) is 62.3 Å². The zero-order valence-corrected chi connectivity index (χ0v) is 19.6. The minimum absolute atomic E-state index is 0.0954. The average Bonchev–Trinajstić information content (AvgIpc) is 2.72. The Bertz CT molecular complexity index is 672. The van der Waals surface area contributed by atoms with Gasteiger partial charge < -0.3 is 4.90 Å². The highest BCUT2D eigenvalue weighted by Crippen LogP contribution is 2.31. The lowest BCUT2D eigenvalue weighted by Gasteiger charge is -2.32. The van der Waals surface area contributed by atoms with Crippen LogP contribution in [0.15, 0.2) is 66.8 Å². The van der Waals surface area contributed by atoms with Crippen LogP contribution in [0, 0.1) is 5.41 Å². The first kappa shape index (κ1) is 27.9. The zero-order valence-electron chi connectivity index (χ0n) is 19.6. The van der Waals surface area contributed by atoms with Crippen molar-refractivity contribution >= 4 is 17.7 Å². The number of hydrogen-bond donors (Lipinski definition) is 0. The van der Waals surface area contributed by atoms with E-state index in [9.17, 15) is 4.79 Å². The minimum atomic E-state index is -0.448. The third-order valence-corrected chi connectivity index (χ3v) is 3.72. The van der Waals surface area contributed by atoms with Gasteiger partial charge in [0.2, 0.25) is 5.91 Å².